The summed E-state index contributed by atoms with van der Waals surface area (Å²) in [7, 11) is 0. The number of esters is 1. The van der Waals surface area contributed by atoms with Crippen LogP contribution in [0.1, 0.15) is 51.7 Å². The summed E-state index contributed by atoms with van der Waals surface area (Å²) in [6.07, 6.45) is 1.51. The first-order valence-electron chi connectivity index (χ1n) is 9.46. The van der Waals surface area contributed by atoms with Crippen LogP contribution in [0.5, 0.6) is 0 Å². The van der Waals surface area contributed by atoms with E-state index in [0.717, 1.165) is 30.3 Å². The number of halogens is 2. The van der Waals surface area contributed by atoms with Gasteiger partial charge in [-0.05, 0) is 12.5 Å². The van der Waals surface area contributed by atoms with Crippen LogP contribution in [0.15, 0.2) is 17.1 Å². The first-order valence-corrected chi connectivity index (χ1v) is 9.99. The van der Waals surface area contributed by atoms with Crippen molar-refractivity contribution in [2.45, 2.75) is 75.2 Å². The number of nitrogens with zero attached hydrogens (tertiary/aromatic N) is 2. The first kappa shape index (κ1) is 21.0. The van der Waals surface area contributed by atoms with E-state index in [1.807, 2.05) is 0 Å². The molecule has 0 spiro atoms. The van der Waals surface area contributed by atoms with Gasteiger partial charge in [-0.25, -0.2) is 9.18 Å². The van der Waals surface area contributed by atoms with Crippen LogP contribution in [0.25, 0.3) is 0 Å². The number of carbonyl (C=O) groups excluding carboxylic acids is 1. The molecule has 2 fully saturated rings. The Morgan fingerprint density at radius 1 is 1.46 bits per heavy atom. The summed E-state index contributed by atoms with van der Waals surface area (Å²) in [6.45, 7) is 2.10. The van der Waals surface area contributed by atoms with Gasteiger partial charge >= 0.3 is 11.7 Å². The van der Waals surface area contributed by atoms with Gasteiger partial charge in [0, 0.05) is 12.6 Å². The monoisotopic (exact) mass is 417 g/mol. The van der Waals surface area contributed by atoms with Gasteiger partial charge in [0.25, 0.3) is 0 Å². The highest BCUT2D eigenvalue weighted by Gasteiger charge is 2.90. The molecule has 10 heteroatoms. The van der Waals surface area contributed by atoms with E-state index in [1.165, 1.54) is 12.3 Å². The molecule has 3 N–H and O–H groups in total. The largest absolute Gasteiger partial charge is 0.456 e. The summed E-state index contributed by atoms with van der Waals surface area (Å²) in [4.78, 5) is 27.6. The molecule has 28 heavy (non-hydrogen) atoms. The van der Waals surface area contributed by atoms with E-state index >= 15 is 4.39 Å². The third-order valence-corrected chi connectivity index (χ3v) is 5.87. The number of alkyl halides is 2. The molecule has 1 aromatic rings. The van der Waals surface area contributed by atoms with Crippen molar-refractivity contribution in [3.63, 3.8) is 0 Å². The number of hydrogen-bond acceptors (Lipinski definition) is 7. The van der Waals surface area contributed by atoms with Crippen LogP contribution in [-0.4, -0.2) is 50.0 Å². The predicted octanol–water partition coefficient (Wildman–Crippen LogP) is 1.69. The summed E-state index contributed by atoms with van der Waals surface area (Å²) in [5, 5.41) is 10.8. The minimum absolute atomic E-state index is 0.0173. The number of rotatable bonds is 9. The molecule has 2 heterocycles. The standard InChI is InChI=1S/C18H25ClFN3O5/c1-2-3-4-5-6-7-12(24)27-15-17(10-19)18(15,26)13(20)14(28-17)23-9-8-11(21)22-16(23)25/h8-9,13-15,26H,2-7,10H2,1H3,(H2,21,22,25)/t13-,14+,15?,17+,18+/m0/s1. The minimum atomic E-state index is -2.11. The van der Waals surface area contributed by atoms with Gasteiger partial charge in [0.2, 0.25) is 0 Å². The summed E-state index contributed by atoms with van der Waals surface area (Å²) in [5.41, 5.74) is 0.902. The number of anilines is 1. The van der Waals surface area contributed by atoms with Crippen molar-refractivity contribution in [2.75, 3.05) is 11.6 Å². The van der Waals surface area contributed by atoms with Gasteiger partial charge < -0.3 is 20.3 Å². The number of aliphatic hydroxyl groups is 1. The maximum Gasteiger partial charge on any atom is 0.351 e. The highest BCUT2D eigenvalue weighted by Crippen LogP contribution is 2.65. The lowest BCUT2D eigenvalue weighted by atomic mass is 10.1. The molecule has 1 aliphatic heterocycles. The number of fused-ring (bicyclic) bond motifs is 1. The van der Waals surface area contributed by atoms with Gasteiger partial charge in [-0.1, -0.05) is 32.6 Å². The zero-order valence-corrected chi connectivity index (χ0v) is 16.4. The maximum absolute atomic E-state index is 15.1. The third-order valence-electron chi connectivity index (χ3n) is 5.48. The average Bonchev–Trinajstić information content (AvgIpc) is 3.06. The van der Waals surface area contributed by atoms with E-state index in [4.69, 9.17) is 26.8 Å². The fraction of sp³-hybridized carbons (Fsp3) is 0.722. The van der Waals surface area contributed by atoms with Gasteiger partial charge in [-0.2, -0.15) is 4.98 Å². The van der Waals surface area contributed by atoms with Crippen molar-refractivity contribution in [2.24, 2.45) is 0 Å². The van der Waals surface area contributed by atoms with Crippen LogP contribution in [0.2, 0.25) is 0 Å². The number of carbonyl (C=O) groups is 1. The molecule has 0 amide bonds. The normalized spacial score (nSPS) is 33.5. The molecule has 0 radical (unpaired) electrons. The number of ether oxygens (including phenoxy) is 2. The van der Waals surface area contributed by atoms with Gasteiger partial charge in [0.15, 0.2) is 29.7 Å². The highest BCUT2D eigenvalue weighted by molar-refractivity contribution is 6.19. The highest BCUT2D eigenvalue weighted by atomic mass is 35.5. The van der Waals surface area contributed by atoms with Crippen LogP contribution >= 0.6 is 11.6 Å². The Hall–Kier alpha value is -1.71. The van der Waals surface area contributed by atoms with E-state index in [0.29, 0.717) is 6.42 Å². The van der Waals surface area contributed by atoms with Crippen LogP contribution < -0.4 is 11.4 Å². The van der Waals surface area contributed by atoms with Crippen LogP contribution in [0.4, 0.5) is 10.2 Å². The van der Waals surface area contributed by atoms with E-state index in [9.17, 15) is 14.7 Å². The Bertz CT molecular complexity index is 789. The van der Waals surface area contributed by atoms with Crippen molar-refractivity contribution in [1.29, 1.82) is 0 Å². The molecule has 0 aromatic carbocycles. The fourth-order valence-corrected chi connectivity index (χ4v) is 4.20. The molecule has 1 saturated carbocycles. The second-order valence-corrected chi connectivity index (χ2v) is 7.60. The Morgan fingerprint density at radius 2 is 2.18 bits per heavy atom. The molecule has 156 valence electrons. The number of nitrogens with two attached hydrogens (primary N) is 1. The number of hydrogen-bond donors (Lipinski definition) is 2. The minimum Gasteiger partial charge on any atom is -0.456 e. The fourth-order valence-electron chi connectivity index (χ4n) is 3.78. The Labute approximate surface area is 166 Å². The quantitative estimate of drug-likeness (QED) is 0.356. The summed E-state index contributed by atoms with van der Waals surface area (Å²) in [6, 6.07) is 1.31. The van der Waals surface area contributed by atoms with Crippen LogP contribution in [0.3, 0.4) is 0 Å². The Morgan fingerprint density at radius 3 is 2.79 bits per heavy atom. The molecule has 1 unspecified atom stereocenters. The number of unbranched alkanes of at least 4 members (excludes halogenated alkanes) is 4. The maximum atomic E-state index is 15.1. The van der Waals surface area contributed by atoms with E-state index < -0.39 is 41.4 Å². The predicted molar refractivity (Wildman–Crippen MR) is 99.6 cm³/mol. The van der Waals surface area contributed by atoms with Crippen molar-refractivity contribution >= 4 is 23.4 Å². The van der Waals surface area contributed by atoms with Gasteiger partial charge in [0.1, 0.15) is 5.82 Å². The summed E-state index contributed by atoms with van der Waals surface area (Å²) >= 11 is 5.94. The molecular formula is C18H25ClFN3O5. The second-order valence-electron chi connectivity index (χ2n) is 7.34. The Kier molecular flexibility index (Phi) is 5.97. The Balaban J connectivity index is 1.65. The summed E-state index contributed by atoms with van der Waals surface area (Å²) in [5.74, 6) is -0.852. The topological polar surface area (TPSA) is 117 Å². The molecule has 1 aromatic heterocycles. The van der Waals surface area contributed by atoms with Gasteiger partial charge in [-0.3, -0.25) is 9.36 Å². The lowest BCUT2D eigenvalue weighted by Gasteiger charge is -2.23. The molecule has 1 aliphatic carbocycles. The summed E-state index contributed by atoms with van der Waals surface area (Å²) < 4.78 is 26.8. The third kappa shape index (κ3) is 3.29. The first-order chi connectivity index (χ1) is 13.3. The van der Waals surface area contributed by atoms with Gasteiger partial charge in [-0.15, -0.1) is 11.6 Å². The average molecular weight is 418 g/mol. The van der Waals surface area contributed by atoms with Gasteiger partial charge in [0.05, 0.1) is 5.88 Å². The van der Waals surface area contributed by atoms with Crippen molar-refractivity contribution < 1.29 is 23.8 Å². The van der Waals surface area contributed by atoms with E-state index in [-0.39, 0.29) is 18.1 Å². The van der Waals surface area contributed by atoms with Crippen LogP contribution in [0, 0.1) is 0 Å². The molecule has 5 atom stereocenters. The molecule has 8 nitrogen and oxygen atoms in total. The number of nitrogen functional groups attached to an aromatic ring is 1. The molecule has 1 saturated heterocycles. The lowest BCUT2D eigenvalue weighted by Crippen LogP contribution is -2.39. The van der Waals surface area contributed by atoms with Crippen molar-refractivity contribution in [3.8, 4) is 0 Å². The second kappa shape index (κ2) is 7.96. The molecular weight excluding hydrogens is 393 g/mol. The van der Waals surface area contributed by atoms with E-state index in [1.54, 1.807) is 0 Å². The zero-order valence-electron chi connectivity index (χ0n) is 15.6. The molecule has 2 aliphatic rings. The zero-order chi connectivity index (χ0) is 20.5. The van der Waals surface area contributed by atoms with E-state index in [2.05, 4.69) is 11.9 Å². The molecule has 0 bridgehead atoms. The van der Waals surface area contributed by atoms with Crippen molar-refractivity contribution in [3.05, 3.63) is 22.7 Å². The SMILES string of the molecule is CCCCCCCC(=O)OC1[C@@]2(CCl)O[C@@H](n3ccc(N)nc3=O)[C@H](F)[C@@]12O. The smallest absolute Gasteiger partial charge is 0.351 e. The van der Waals surface area contributed by atoms with Crippen LogP contribution in [-0.2, 0) is 14.3 Å². The lowest BCUT2D eigenvalue weighted by molar-refractivity contribution is -0.157. The number of aromatic nitrogens is 2. The molecule has 3 rings (SSSR count). The van der Waals surface area contributed by atoms with Crippen molar-refractivity contribution in [1.82, 2.24) is 9.55 Å².